The van der Waals surface area contributed by atoms with E-state index in [0.29, 0.717) is 22.1 Å². The van der Waals surface area contributed by atoms with Gasteiger partial charge in [0.1, 0.15) is 0 Å². The van der Waals surface area contributed by atoms with Crippen LogP contribution in [0.15, 0.2) is 60.7 Å². The van der Waals surface area contributed by atoms with E-state index in [1.807, 2.05) is 50.5 Å². The molecule has 8 heteroatoms. The van der Waals surface area contributed by atoms with Gasteiger partial charge in [-0.3, -0.25) is 19.4 Å². The van der Waals surface area contributed by atoms with Crippen molar-refractivity contribution < 1.29 is 9.72 Å². The molecule has 7 nitrogen and oxygen atoms in total. The van der Waals surface area contributed by atoms with Crippen LogP contribution in [0, 0.1) is 10.1 Å². The third kappa shape index (κ3) is 4.40. The summed E-state index contributed by atoms with van der Waals surface area (Å²) in [5, 5.41) is 17.0. The lowest BCUT2D eigenvalue weighted by Gasteiger charge is -2.27. The van der Waals surface area contributed by atoms with E-state index in [4.69, 9.17) is 4.98 Å². The summed E-state index contributed by atoms with van der Waals surface area (Å²) in [5.41, 5.74) is 2.12. The fraction of sp³-hybridized carbons (Fsp3) is 0.217. The lowest BCUT2D eigenvalue weighted by molar-refractivity contribution is -0.380. The normalized spacial score (nSPS) is 11.7. The Hall–Kier alpha value is -3.36. The van der Waals surface area contributed by atoms with E-state index in [2.05, 4.69) is 11.4 Å². The first-order valence-corrected chi connectivity index (χ1v) is 10.8. The van der Waals surface area contributed by atoms with Crippen molar-refractivity contribution in [2.45, 2.75) is 6.42 Å². The molecule has 2 aromatic heterocycles. The van der Waals surface area contributed by atoms with Crippen molar-refractivity contribution in [1.29, 1.82) is 0 Å². The number of amides is 1. The van der Waals surface area contributed by atoms with E-state index in [0.717, 1.165) is 34.3 Å². The Morgan fingerprint density at radius 3 is 2.65 bits per heavy atom. The molecule has 0 saturated heterocycles. The van der Waals surface area contributed by atoms with Crippen molar-refractivity contribution in [2.75, 3.05) is 27.2 Å². The predicted molar refractivity (Wildman–Crippen MR) is 126 cm³/mol. The van der Waals surface area contributed by atoms with E-state index in [1.54, 1.807) is 18.2 Å². The molecule has 158 valence electrons. The first-order valence-electron chi connectivity index (χ1n) is 10.00. The first kappa shape index (κ1) is 20.9. The van der Waals surface area contributed by atoms with Gasteiger partial charge in [-0.15, -0.1) is 0 Å². The number of hydrogen-bond donors (Lipinski definition) is 1. The molecule has 0 bridgehead atoms. The predicted octanol–water partition coefficient (Wildman–Crippen LogP) is 4.74. The molecule has 0 radical (unpaired) electrons. The number of fused-ring (bicyclic) bond motifs is 2. The van der Waals surface area contributed by atoms with Crippen LogP contribution < -0.4 is 9.80 Å². The lowest BCUT2D eigenvalue weighted by atomic mass is 10.1. The highest BCUT2D eigenvalue weighted by Crippen LogP contribution is 2.33. The number of carbonyl (C=O) groups excluding carboxylic acids is 1. The number of nitrogens with one attached hydrogen (secondary N) is 1. The molecule has 1 amide bonds. The summed E-state index contributed by atoms with van der Waals surface area (Å²) in [7, 11) is 4.02. The molecule has 0 spiro atoms. The molecule has 1 N–H and O–H groups in total. The number of nitrogens with zero attached hydrogens (tertiary/aromatic N) is 3. The van der Waals surface area contributed by atoms with Gasteiger partial charge in [-0.2, -0.15) is 0 Å². The molecule has 0 aliphatic heterocycles. The topological polar surface area (TPSA) is 85.1 Å². The zero-order valence-corrected chi connectivity index (χ0v) is 18.2. The Morgan fingerprint density at radius 2 is 1.87 bits per heavy atom. The van der Waals surface area contributed by atoms with Crippen molar-refractivity contribution in [3.05, 3.63) is 76.3 Å². The molecule has 0 aliphatic rings. The van der Waals surface area contributed by atoms with Gasteiger partial charge in [0.2, 0.25) is 0 Å². The molecule has 4 rings (SSSR count). The number of aromatic nitrogens is 1. The van der Waals surface area contributed by atoms with Crippen LogP contribution >= 0.6 is 11.3 Å². The summed E-state index contributed by atoms with van der Waals surface area (Å²) in [6.45, 7) is 1.26. The summed E-state index contributed by atoms with van der Waals surface area (Å²) >= 11 is 1.19. The maximum atomic E-state index is 12.8. The summed E-state index contributed by atoms with van der Waals surface area (Å²) in [6.07, 6.45) is 0.742. The minimum Gasteiger partial charge on any atom is -0.352 e. The maximum absolute atomic E-state index is 12.8. The van der Waals surface area contributed by atoms with Crippen molar-refractivity contribution in [3.8, 4) is 0 Å². The van der Waals surface area contributed by atoms with E-state index in [1.165, 1.54) is 11.3 Å². The molecule has 0 aliphatic carbocycles. The molecule has 0 fully saturated rings. The second-order valence-electron chi connectivity index (χ2n) is 7.95. The number of thiophene rings is 1. The quantitative estimate of drug-likeness (QED) is 0.149. The van der Waals surface area contributed by atoms with Crippen molar-refractivity contribution in [2.24, 2.45) is 0 Å². The summed E-state index contributed by atoms with van der Waals surface area (Å²) in [5.74, 6) is -0.148. The van der Waals surface area contributed by atoms with Gasteiger partial charge in [-0.05, 0) is 29.5 Å². The molecule has 4 aromatic rings. The summed E-state index contributed by atoms with van der Waals surface area (Å²) < 4.78 is 0.524. The maximum Gasteiger partial charge on any atom is 0.329 e. The number of carbonyl (C=O) groups is 1. The number of rotatable bonds is 7. The number of hydrogen-bond acceptors (Lipinski definition) is 5. The number of pyridine rings is 1. The zero-order chi connectivity index (χ0) is 22.0. The average molecular weight is 436 g/mol. The van der Waals surface area contributed by atoms with Crippen LogP contribution in [0.2, 0.25) is 0 Å². The lowest BCUT2D eigenvalue weighted by Crippen LogP contribution is -2.42. The highest BCUT2D eigenvalue weighted by atomic mass is 32.1. The molecular formula is C23H23N4O3S+. The van der Waals surface area contributed by atoms with E-state index < -0.39 is 0 Å². The standard InChI is InChI=1S/C23H22N4O3S/c1-27(2,21-12-11-20(31-21)26(29)30)14-6-13-24-23(28)18-9-5-8-17-15-16-7-3-4-10-19(16)25-22(17)18/h3-5,7-12,15H,6,13-14H2,1-2H3/p+1. The van der Waals surface area contributed by atoms with E-state index in [-0.39, 0.29) is 15.8 Å². The highest BCUT2D eigenvalue weighted by molar-refractivity contribution is 7.19. The fourth-order valence-electron chi connectivity index (χ4n) is 3.61. The van der Waals surface area contributed by atoms with Crippen molar-refractivity contribution >= 4 is 49.1 Å². The summed E-state index contributed by atoms with van der Waals surface area (Å²) in [4.78, 5) is 28.1. The smallest absolute Gasteiger partial charge is 0.329 e. The fourth-order valence-corrected chi connectivity index (χ4v) is 4.51. The Labute approximate surface area is 183 Å². The van der Waals surface area contributed by atoms with Gasteiger partial charge in [0.25, 0.3) is 5.91 Å². The SMILES string of the molecule is C[N+](C)(CCCNC(=O)c1cccc2cc3ccccc3nc12)c1ccc([N+](=O)[O-])s1. The Kier molecular flexibility index (Phi) is 5.67. The Morgan fingerprint density at radius 1 is 1.10 bits per heavy atom. The van der Waals surface area contributed by atoms with Crippen LogP contribution in [-0.4, -0.2) is 43.0 Å². The van der Waals surface area contributed by atoms with E-state index >= 15 is 0 Å². The Bertz CT molecular complexity index is 1280. The van der Waals surface area contributed by atoms with Gasteiger partial charge in [0.15, 0.2) is 5.00 Å². The number of quaternary nitrogens is 1. The van der Waals surface area contributed by atoms with Gasteiger partial charge >= 0.3 is 5.00 Å². The third-order valence-electron chi connectivity index (χ3n) is 5.33. The van der Waals surface area contributed by atoms with Gasteiger partial charge in [-0.25, -0.2) is 4.98 Å². The van der Waals surface area contributed by atoms with Crippen LogP contribution in [0.1, 0.15) is 16.8 Å². The molecule has 0 unspecified atom stereocenters. The summed E-state index contributed by atoms with van der Waals surface area (Å²) in [6, 6.07) is 18.9. The van der Waals surface area contributed by atoms with Gasteiger partial charge < -0.3 is 5.32 Å². The third-order valence-corrected chi connectivity index (χ3v) is 6.66. The van der Waals surface area contributed by atoms with Crippen molar-refractivity contribution in [1.82, 2.24) is 14.8 Å². The van der Waals surface area contributed by atoms with Gasteiger partial charge in [0, 0.05) is 35.9 Å². The minimum atomic E-state index is -0.365. The van der Waals surface area contributed by atoms with Crippen molar-refractivity contribution in [3.63, 3.8) is 0 Å². The van der Waals surface area contributed by atoms with Gasteiger partial charge in [0.05, 0.1) is 42.2 Å². The van der Waals surface area contributed by atoms with Crippen LogP contribution in [0.5, 0.6) is 0 Å². The number of para-hydroxylation sites is 2. The second kappa shape index (κ2) is 8.41. The second-order valence-corrected chi connectivity index (χ2v) is 8.99. The molecule has 2 heterocycles. The van der Waals surface area contributed by atoms with Crippen LogP contribution in [0.4, 0.5) is 10.0 Å². The number of benzene rings is 2. The van der Waals surface area contributed by atoms with Gasteiger partial charge in [-0.1, -0.05) is 30.3 Å². The minimum absolute atomic E-state index is 0.144. The van der Waals surface area contributed by atoms with E-state index in [9.17, 15) is 14.9 Å². The van der Waals surface area contributed by atoms with Crippen LogP contribution in [0.25, 0.3) is 21.8 Å². The molecule has 2 aromatic carbocycles. The zero-order valence-electron chi connectivity index (χ0n) is 17.4. The molecule has 0 atom stereocenters. The molecular weight excluding hydrogens is 412 g/mol. The number of nitro groups is 1. The van der Waals surface area contributed by atoms with Crippen LogP contribution in [0.3, 0.4) is 0 Å². The molecule has 31 heavy (non-hydrogen) atoms. The largest absolute Gasteiger partial charge is 0.352 e. The highest BCUT2D eigenvalue weighted by Gasteiger charge is 2.24. The Balaban J connectivity index is 1.42. The molecule has 0 saturated carbocycles. The average Bonchev–Trinajstić information content (AvgIpc) is 3.26. The first-order chi connectivity index (χ1) is 14.8. The monoisotopic (exact) mass is 435 g/mol. The van der Waals surface area contributed by atoms with Crippen LogP contribution in [-0.2, 0) is 0 Å².